The number of fused-ring (bicyclic) bond motifs is 1. The molecule has 1 aromatic heterocycles. The Labute approximate surface area is 242 Å². The van der Waals surface area contributed by atoms with Crippen LogP contribution in [0.4, 0.5) is 5.69 Å². The summed E-state index contributed by atoms with van der Waals surface area (Å²) in [5, 5.41) is 3.82. The minimum atomic E-state index is -3.81. The fourth-order valence-electron chi connectivity index (χ4n) is 5.10. The number of sulfonamides is 1. The van der Waals surface area contributed by atoms with Crippen molar-refractivity contribution in [1.82, 2.24) is 15.2 Å². The lowest BCUT2D eigenvalue weighted by Gasteiger charge is -2.26. The van der Waals surface area contributed by atoms with Crippen molar-refractivity contribution in [2.24, 2.45) is 0 Å². The molecular weight excluding hydrogens is 536 g/mol. The van der Waals surface area contributed by atoms with Crippen LogP contribution in [0.5, 0.6) is 0 Å². The molecule has 1 saturated heterocycles. The van der Waals surface area contributed by atoms with Crippen molar-refractivity contribution in [2.45, 2.75) is 37.5 Å². The number of ether oxygens (including phenoxy) is 1. The zero-order chi connectivity index (χ0) is 29.0. The fourth-order valence-corrected chi connectivity index (χ4v) is 6.15. The molecule has 4 aromatic rings. The molecule has 9 heteroatoms. The molecule has 2 heterocycles. The number of aromatic amines is 1. The summed E-state index contributed by atoms with van der Waals surface area (Å²) in [4.78, 5) is 19.2. The maximum Gasteiger partial charge on any atom is 0.268 e. The van der Waals surface area contributed by atoms with Gasteiger partial charge in [0, 0.05) is 41.8 Å². The number of morpholine rings is 1. The number of H-pyrrole nitrogens is 1. The Morgan fingerprint density at radius 1 is 0.976 bits per heavy atom. The van der Waals surface area contributed by atoms with E-state index in [2.05, 4.69) is 40.7 Å². The van der Waals surface area contributed by atoms with Gasteiger partial charge in [-0.1, -0.05) is 63.2 Å². The molecule has 1 aliphatic heterocycles. The zero-order valence-electron chi connectivity index (χ0n) is 23.9. The summed E-state index contributed by atoms with van der Waals surface area (Å²) in [5.74, 6) is -0.192. The Balaban J connectivity index is 1.39. The monoisotopic (exact) mass is 574 g/mol. The van der Waals surface area contributed by atoms with E-state index in [1.807, 2.05) is 42.5 Å². The molecule has 0 atom stereocenters. The number of rotatable bonds is 9. The van der Waals surface area contributed by atoms with E-state index in [-0.39, 0.29) is 16.2 Å². The van der Waals surface area contributed by atoms with E-state index >= 15 is 0 Å². The van der Waals surface area contributed by atoms with E-state index in [1.54, 1.807) is 30.3 Å². The van der Waals surface area contributed by atoms with Gasteiger partial charge in [-0.25, -0.2) is 8.42 Å². The van der Waals surface area contributed by atoms with Crippen molar-refractivity contribution >= 4 is 32.5 Å². The SMILES string of the molecule is CC(C)(C)c1ccc(S(=O)(=O)Nc2ccc3[nH]c(C(=O)NCCCN4CCOCC4)c(-c4ccccc4)c3c2)cc1. The molecule has 0 bridgehead atoms. The summed E-state index contributed by atoms with van der Waals surface area (Å²) in [7, 11) is -3.81. The van der Waals surface area contributed by atoms with Crippen LogP contribution in [0.2, 0.25) is 0 Å². The largest absolute Gasteiger partial charge is 0.379 e. The molecule has 8 nitrogen and oxygen atoms in total. The standard InChI is InChI=1S/C32H38N4O4S/c1-32(2,3)24-10-13-26(14-11-24)41(38,39)35-25-12-15-28-27(22-25)29(23-8-5-4-6-9-23)30(34-28)31(37)33-16-7-17-36-18-20-40-21-19-36/h4-6,8-15,22,34-35H,7,16-21H2,1-3H3,(H,33,37). The van der Waals surface area contributed by atoms with E-state index in [0.717, 1.165) is 66.9 Å². The van der Waals surface area contributed by atoms with Crippen LogP contribution in [-0.2, 0) is 20.2 Å². The molecule has 0 spiro atoms. The molecule has 1 fully saturated rings. The predicted octanol–water partition coefficient (Wildman–Crippen LogP) is 5.39. The first kappa shape index (κ1) is 28.9. The Hall–Kier alpha value is -3.66. The summed E-state index contributed by atoms with van der Waals surface area (Å²) in [5.41, 5.74) is 4.22. The smallest absolute Gasteiger partial charge is 0.268 e. The molecule has 1 aliphatic rings. The molecular formula is C32H38N4O4S. The van der Waals surface area contributed by atoms with Gasteiger partial charge in [0.05, 0.1) is 18.1 Å². The van der Waals surface area contributed by atoms with Crippen molar-refractivity contribution in [3.8, 4) is 11.1 Å². The van der Waals surface area contributed by atoms with Crippen molar-refractivity contribution in [3.05, 3.63) is 84.1 Å². The van der Waals surface area contributed by atoms with Crippen LogP contribution in [0, 0.1) is 0 Å². The molecule has 5 rings (SSSR count). The second kappa shape index (κ2) is 12.1. The van der Waals surface area contributed by atoms with Gasteiger partial charge in [0.1, 0.15) is 5.69 Å². The molecule has 0 radical (unpaired) electrons. The second-order valence-corrected chi connectivity index (χ2v) is 13.1. The number of aromatic nitrogens is 1. The first-order chi connectivity index (χ1) is 19.6. The van der Waals surface area contributed by atoms with Gasteiger partial charge >= 0.3 is 0 Å². The van der Waals surface area contributed by atoms with Crippen LogP contribution in [0.15, 0.2) is 77.7 Å². The molecule has 3 N–H and O–H groups in total. The van der Waals surface area contributed by atoms with E-state index < -0.39 is 10.0 Å². The number of carbonyl (C=O) groups excluding carboxylic acids is 1. The Morgan fingerprint density at radius 2 is 1.68 bits per heavy atom. The third-order valence-electron chi connectivity index (χ3n) is 7.41. The van der Waals surface area contributed by atoms with E-state index in [1.165, 1.54) is 0 Å². The lowest BCUT2D eigenvalue weighted by molar-refractivity contribution is 0.0374. The summed E-state index contributed by atoms with van der Waals surface area (Å²) in [6, 6.07) is 21.9. The molecule has 0 saturated carbocycles. The average Bonchev–Trinajstić information content (AvgIpc) is 3.34. The van der Waals surface area contributed by atoms with Crippen LogP contribution in [-0.4, -0.2) is 63.6 Å². The minimum Gasteiger partial charge on any atom is -0.379 e. The van der Waals surface area contributed by atoms with Crippen molar-refractivity contribution in [3.63, 3.8) is 0 Å². The number of hydrogen-bond acceptors (Lipinski definition) is 5. The van der Waals surface area contributed by atoms with Crippen molar-refractivity contribution in [2.75, 3.05) is 44.1 Å². The lowest BCUT2D eigenvalue weighted by Crippen LogP contribution is -2.38. The van der Waals surface area contributed by atoms with Gasteiger partial charge in [-0.15, -0.1) is 0 Å². The van der Waals surface area contributed by atoms with Crippen molar-refractivity contribution < 1.29 is 17.9 Å². The van der Waals surface area contributed by atoms with Gasteiger partial charge in [-0.2, -0.15) is 0 Å². The quantitative estimate of drug-likeness (QED) is 0.233. The Kier molecular flexibility index (Phi) is 8.49. The van der Waals surface area contributed by atoms with Gasteiger partial charge in [-0.3, -0.25) is 14.4 Å². The third-order valence-corrected chi connectivity index (χ3v) is 8.81. The minimum absolute atomic E-state index is 0.0738. The topological polar surface area (TPSA) is 104 Å². The predicted molar refractivity (Wildman–Crippen MR) is 164 cm³/mol. The zero-order valence-corrected chi connectivity index (χ0v) is 24.7. The van der Waals surface area contributed by atoms with Gasteiger partial charge in [0.25, 0.3) is 15.9 Å². The third kappa shape index (κ3) is 6.81. The summed E-state index contributed by atoms with van der Waals surface area (Å²) < 4.78 is 34.6. The van der Waals surface area contributed by atoms with Gasteiger partial charge in [0.2, 0.25) is 0 Å². The number of anilines is 1. The van der Waals surface area contributed by atoms with Crippen LogP contribution >= 0.6 is 0 Å². The van der Waals surface area contributed by atoms with Gasteiger partial charge < -0.3 is 15.0 Å². The highest BCUT2D eigenvalue weighted by atomic mass is 32.2. The van der Waals surface area contributed by atoms with E-state index in [0.29, 0.717) is 17.9 Å². The molecule has 216 valence electrons. The first-order valence-corrected chi connectivity index (χ1v) is 15.5. The number of amides is 1. The fraction of sp³-hybridized carbons (Fsp3) is 0.344. The molecule has 0 unspecified atom stereocenters. The Morgan fingerprint density at radius 3 is 2.37 bits per heavy atom. The highest BCUT2D eigenvalue weighted by molar-refractivity contribution is 7.92. The van der Waals surface area contributed by atoms with Crippen LogP contribution < -0.4 is 10.0 Å². The highest BCUT2D eigenvalue weighted by Gasteiger charge is 2.22. The first-order valence-electron chi connectivity index (χ1n) is 14.0. The summed E-state index contributed by atoms with van der Waals surface area (Å²) in [6.45, 7) is 11.1. The van der Waals surface area contributed by atoms with Crippen molar-refractivity contribution in [1.29, 1.82) is 0 Å². The molecule has 3 aromatic carbocycles. The number of nitrogens with zero attached hydrogens (tertiary/aromatic N) is 1. The average molecular weight is 575 g/mol. The van der Waals surface area contributed by atoms with E-state index in [4.69, 9.17) is 4.74 Å². The lowest BCUT2D eigenvalue weighted by atomic mass is 9.87. The summed E-state index contributed by atoms with van der Waals surface area (Å²) in [6.07, 6.45) is 0.843. The molecule has 1 amide bonds. The molecule has 41 heavy (non-hydrogen) atoms. The number of hydrogen-bond donors (Lipinski definition) is 3. The van der Waals surface area contributed by atoms with E-state index in [9.17, 15) is 13.2 Å². The molecule has 0 aliphatic carbocycles. The maximum absolute atomic E-state index is 13.4. The normalized spacial score (nSPS) is 14.7. The van der Waals surface area contributed by atoms with Crippen LogP contribution in [0.3, 0.4) is 0 Å². The highest BCUT2D eigenvalue weighted by Crippen LogP contribution is 2.35. The van der Waals surface area contributed by atoms with Gasteiger partial charge in [-0.05, 0) is 59.8 Å². The van der Waals surface area contributed by atoms with Gasteiger partial charge in [0.15, 0.2) is 0 Å². The van der Waals surface area contributed by atoms with Crippen LogP contribution in [0.1, 0.15) is 43.2 Å². The Bertz CT molecular complexity index is 1600. The van der Waals surface area contributed by atoms with Crippen LogP contribution in [0.25, 0.3) is 22.0 Å². The number of benzene rings is 3. The second-order valence-electron chi connectivity index (χ2n) is 11.4. The summed E-state index contributed by atoms with van der Waals surface area (Å²) >= 11 is 0. The number of carbonyl (C=O) groups is 1. The maximum atomic E-state index is 13.4. The number of nitrogens with one attached hydrogen (secondary N) is 3.